The molecule has 0 radical (unpaired) electrons. The van der Waals surface area contributed by atoms with Gasteiger partial charge in [-0.3, -0.25) is 0 Å². The van der Waals surface area contributed by atoms with Crippen LogP contribution in [0, 0.1) is 13.8 Å². The van der Waals surface area contributed by atoms with Crippen molar-refractivity contribution in [2.24, 2.45) is 0 Å². The summed E-state index contributed by atoms with van der Waals surface area (Å²) in [5, 5.41) is 4.16. The number of rotatable bonds is 3. The van der Waals surface area contributed by atoms with Gasteiger partial charge in [-0.15, -0.1) is 0 Å². The minimum absolute atomic E-state index is 0.844. The molecular weight excluding hydrogens is 306 g/mol. The van der Waals surface area contributed by atoms with Crippen molar-refractivity contribution in [1.29, 1.82) is 0 Å². The first-order valence-electron chi connectivity index (χ1n) is 9.31. The van der Waals surface area contributed by atoms with Gasteiger partial charge in [0, 0.05) is 5.56 Å². The highest BCUT2D eigenvalue weighted by molar-refractivity contribution is 5.81. The Kier molecular flexibility index (Phi) is 8.69. The van der Waals surface area contributed by atoms with Gasteiger partial charge in [0.25, 0.3) is 0 Å². The standard InChI is InChI=1S/C19H19NO.2C2H6/c1-4-15-7-11-16(12-8-15)18-14(3)20-21-19(18)17-9-5-13(2)6-10-17;2*1-2/h5-12H,4H2,1-3H3;2*1-2H3. The molecule has 0 spiro atoms. The third-order valence-corrected chi connectivity index (χ3v) is 3.83. The Balaban J connectivity index is 0.000000730. The Labute approximate surface area is 152 Å². The second-order valence-electron chi connectivity index (χ2n) is 5.39. The molecule has 0 aliphatic rings. The lowest BCUT2D eigenvalue weighted by Crippen LogP contribution is -1.85. The van der Waals surface area contributed by atoms with Crippen LogP contribution >= 0.6 is 0 Å². The lowest BCUT2D eigenvalue weighted by atomic mass is 9.98. The van der Waals surface area contributed by atoms with Crippen LogP contribution in [0.25, 0.3) is 22.5 Å². The maximum atomic E-state index is 5.58. The molecule has 0 N–H and O–H groups in total. The van der Waals surface area contributed by atoms with E-state index in [-0.39, 0.29) is 0 Å². The molecule has 0 fully saturated rings. The topological polar surface area (TPSA) is 26.0 Å². The highest BCUT2D eigenvalue weighted by Crippen LogP contribution is 2.35. The minimum Gasteiger partial charge on any atom is -0.355 e. The van der Waals surface area contributed by atoms with Crippen LogP contribution in [0.5, 0.6) is 0 Å². The Hall–Kier alpha value is -2.35. The van der Waals surface area contributed by atoms with E-state index in [1.807, 2.05) is 34.6 Å². The van der Waals surface area contributed by atoms with Gasteiger partial charge in [-0.2, -0.15) is 0 Å². The van der Waals surface area contributed by atoms with Crippen molar-refractivity contribution < 1.29 is 4.52 Å². The summed E-state index contributed by atoms with van der Waals surface area (Å²) in [6.45, 7) is 14.2. The molecule has 2 aromatic carbocycles. The molecule has 25 heavy (non-hydrogen) atoms. The highest BCUT2D eigenvalue weighted by Gasteiger charge is 2.16. The Bertz CT molecular complexity index is 737. The Morgan fingerprint density at radius 1 is 0.760 bits per heavy atom. The summed E-state index contributed by atoms with van der Waals surface area (Å²) in [7, 11) is 0. The number of hydrogen-bond donors (Lipinski definition) is 0. The molecule has 1 aromatic heterocycles. The van der Waals surface area contributed by atoms with Crippen molar-refractivity contribution >= 4 is 0 Å². The molecule has 3 rings (SSSR count). The van der Waals surface area contributed by atoms with Gasteiger partial charge >= 0.3 is 0 Å². The molecule has 0 unspecified atom stereocenters. The van der Waals surface area contributed by atoms with E-state index in [1.54, 1.807) is 0 Å². The Morgan fingerprint density at radius 2 is 1.28 bits per heavy atom. The maximum Gasteiger partial charge on any atom is 0.174 e. The summed E-state index contributed by atoms with van der Waals surface area (Å²) in [6, 6.07) is 17.0. The van der Waals surface area contributed by atoms with E-state index >= 15 is 0 Å². The first kappa shape index (κ1) is 20.7. The zero-order chi connectivity index (χ0) is 18.8. The van der Waals surface area contributed by atoms with E-state index in [9.17, 15) is 0 Å². The minimum atomic E-state index is 0.844. The first-order valence-corrected chi connectivity index (χ1v) is 9.31. The van der Waals surface area contributed by atoms with E-state index in [0.717, 1.165) is 34.6 Å². The van der Waals surface area contributed by atoms with E-state index in [4.69, 9.17) is 4.52 Å². The van der Waals surface area contributed by atoms with Crippen LogP contribution in [-0.2, 0) is 6.42 Å². The van der Waals surface area contributed by atoms with Crippen LogP contribution in [0.4, 0.5) is 0 Å². The van der Waals surface area contributed by atoms with Crippen molar-refractivity contribution in [3.63, 3.8) is 0 Å². The van der Waals surface area contributed by atoms with E-state index in [1.165, 1.54) is 11.1 Å². The monoisotopic (exact) mass is 337 g/mol. The molecule has 0 bridgehead atoms. The average Bonchev–Trinajstić information content (AvgIpc) is 3.07. The van der Waals surface area contributed by atoms with Crippen LogP contribution < -0.4 is 0 Å². The van der Waals surface area contributed by atoms with E-state index in [2.05, 4.69) is 67.5 Å². The van der Waals surface area contributed by atoms with Crippen LogP contribution in [-0.4, -0.2) is 5.16 Å². The molecule has 0 amide bonds. The van der Waals surface area contributed by atoms with Crippen LogP contribution in [0.1, 0.15) is 51.4 Å². The molecule has 0 atom stereocenters. The number of aryl methyl sites for hydroxylation is 3. The third kappa shape index (κ3) is 5.06. The van der Waals surface area contributed by atoms with Crippen LogP contribution in [0.3, 0.4) is 0 Å². The average molecular weight is 338 g/mol. The van der Waals surface area contributed by atoms with Gasteiger partial charge in [-0.1, -0.05) is 93.9 Å². The number of nitrogens with zero attached hydrogens (tertiary/aromatic N) is 1. The molecule has 2 nitrogen and oxygen atoms in total. The fraction of sp³-hybridized carbons (Fsp3) is 0.348. The lowest BCUT2D eigenvalue weighted by Gasteiger charge is -2.05. The van der Waals surface area contributed by atoms with Gasteiger partial charge in [-0.05, 0) is 31.4 Å². The van der Waals surface area contributed by atoms with Gasteiger partial charge in [-0.25, -0.2) is 0 Å². The molecule has 134 valence electrons. The van der Waals surface area contributed by atoms with E-state index in [0.29, 0.717) is 0 Å². The Morgan fingerprint density at radius 3 is 1.80 bits per heavy atom. The van der Waals surface area contributed by atoms with Gasteiger partial charge in [0.1, 0.15) is 0 Å². The van der Waals surface area contributed by atoms with Gasteiger partial charge in [0.15, 0.2) is 5.76 Å². The predicted molar refractivity (Wildman–Crippen MR) is 109 cm³/mol. The lowest BCUT2D eigenvalue weighted by molar-refractivity contribution is 0.427. The van der Waals surface area contributed by atoms with Gasteiger partial charge < -0.3 is 4.52 Å². The van der Waals surface area contributed by atoms with Crippen LogP contribution in [0.2, 0.25) is 0 Å². The third-order valence-electron chi connectivity index (χ3n) is 3.83. The maximum absolute atomic E-state index is 5.58. The zero-order valence-corrected chi connectivity index (χ0v) is 16.7. The molecular formula is C23H31NO. The van der Waals surface area contributed by atoms with Gasteiger partial charge in [0.05, 0.1) is 11.3 Å². The van der Waals surface area contributed by atoms with Crippen LogP contribution in [0.15, 0.2) is 53.1 Å². The summed E-state index contributed by atoms with van der Waals surface area (Å²) < 4.78 is 5.58. The normalized spacial score (nSPS) is 9.56. The summed E-state index contributed by atoms with van der Waals surface area (Å²) in [4.78, 5) is 0. The fourth-order valence-corrected chi connectivity index (χ4v) is 2.52. The molecule has 0 saturated heterocycles. The number of hydrogen-bond acceptors (Lipinski definition) is 2. The molecule has 0 saturated carbocycles. The number of benzene rings is 2. The van der Waals surface area contributed by atoms with Crippen molar-refractivity contribution in [2.75, 3.05) is 0 Å². The van der Waals surface area contributed by atoms with Crippen molar-refractivity contribution in [2.45, 2.75) is 54.9 Å². The zero-order valence-electron chi connectivity index (χ0n) is 16.7. The largest absolute Gasteiger partial charge is 0.355 e. The molecule has 1 heterocycles. The van der Waals surface area contributed by atoms with Crippen molar-refractivity contribution in [3.8, 4) is 22.5 Å². The molecule has 2 heteroatoms. The van der Waals surface area contributed by atoms with Crippen molar-refractivity contribution in [1.82, 2.24) is 5.16 Å². The molecule has 3 aromatic rings. The van der Waals surface area contributed by atoms with E-state index < -0.39 is 0 Å². The highest BCUT2D eigenvalue weighted by atomic mass is 16.5. The summed E-state index contributed by atoms with van der Waals surface area (Å²) in [6.07, 6.45) is 1.05. The second kappa shape index (κ2) is 10.5. The second-order valence-corrected chi connectivity index (χ2v) is 5.39. The quantitative estimate of drug-likeness (QED) is 0.503. The summed E-state index contributed by atoms with van der Waals surface area (Å²) in [5.74, 6) is 0.844. The first-order chi connectivity index (χ1) is 12.2. The summed E-state index contributed by atoms with van der Waals surface area (Å²) >= 11 is 0. The fourth-order valence-electron chi connectivity index (χ4n) is 2.52. The van der Waals surface area contributed by atoms with Crippen molar-refractivity contribution in [3.05, 3.63) is 65.4 Å². The molecule has 0 aliphatic heterocycles. The summed E-state index contributed by atoms with van der Waals surface area (Å²) in [5.41, 5.74) is 6.81. The number of aromatic nitrogens is 1. The smallest absolute Gasteiger partial charge is 0.174 e. The predicted octanol–water partition coefficient (Wildman–Crippen LogP) is 7.24. The SMILES string of the molecule is CC.CC.CCc1ccc(-c2c(C)noc2-c2ccc(C)cc2)cc1. The molecule has 0 aliphatic carbocycles. The van der Waals surface area contributed by atoms with Gasteiger partial charge in [0.2, 0.25) is 0 Å².